The summed E-state index contributed by atoms with van der Waals surface area (Å²) in [5, 5.41) is 11.1. The summed E-state index contributed by atoms with van der Waals surface area (Å²) in [6.07, 6.45) is -0.309. The molecule has 0 saturated carbocycles. The van der Waals surface area contributed by atoms with Gasteiger partial charge in [-0.3, -0.25) is 9.59 Å². The van der Waals surface area contributed by atoms with E-state index < -0.39 is 29.6 Å². The molecule has 0 aliphatic carbocycles. The van der Waals surface area contributed by atoms with Crippen molar-refractivity contribution in [1.29, 1.82) is 0 Å². The number of carbonyl (C=O) groups is 3. The van der Waals surface area contributed by atoms with E-state index in [1.165, 1.54) is 12.1 Å². The third kappa shape index (κ3) is 4.96. The molecule has 6 nitrogen and oxygen atoms in total. The predicted octanol–water partition coefficient (Wildman–Crippen LogP) is 1.04. The number of carboxylic acids is 1. The molecule has 20 heavy (non-hydrogen) atoms. The number of carboxylic acid groups (broad SMARTS) is 1. The van der Waals surface area contributed by atoms with Crippen LogP contribution >= 0.6 is 15.9 Å². The molecular formula is C12H12BrFN2O4. The summed E-state index contributed by atoms with van der Waals surface area (Å²) in [5.74, 6) is -3.34. The van der Waals surface area contributed by atoms with Gasteiger partial charge in [-0.1, -0.05) is 15.9 Å². The molecule has 0 saturated heterocycles. The molecule has 0 heterocycles. The number of halogens is 2. The summed E-state index contributed by atoms with van der Waals surface area (Å²) in [6.45, 7) is 0. The highest BCUT2D eigenvalue weighted by Crippen LogP contribution is 2.15. The van der Waals surface area contributed by atoms with Gasteiger partial charge in [0.05, 0.1) is 0 Å². The molecule has 0 aliphatic rings. The molecule has 0 spiro atoms. The molecule has 8 heteroatoms. The largest absolute Gasteiger partial charge is 0.480 e. The zero-order chi connectivity index (χ0) is 15.3. The summed E-state index contributed by atoms with van der Waals surface area (Å²) < 4.78 is 13.5. The average Bonchev–Trinajstić information content (AvgIpc) is 2.32. The molecule has 1 aromatic carbocycles. The molecule has 0 unspecified atom stereocenters. The minimum absolute atomic E-state index is 0.0257. The molecule has 4 N–H and O–H groups in total. The van der Waals surface area contributed by atoms with Crippen molar-refractivity contribution in [3.05, 3.63) is 34.1 Å². The van der Waals surface area contributed by atoms with Gasteiger partial charge in [0.15, 0.2) is 0 Å². The highest BCUT2D eigenvalue weighted by atomic mass is 79.9. The SMILES string of the molecule is NC(=O)CC[C@@H](NC(=O)c1cc(F)cc(Br)c1)C(=O)O. The van der Waals surface area contributed by atoms with Crippen molar-refractivity contribution in [1.82, 2.24) is 5.32 Å². The fraction of sp³-hybridized carbons (Fsp3) is 0.250. The molecule has 0 radical (unpaired) electrons. The molecule has 1 atom stereocenters. The highest BCUT2D eigenvalue weighted by Gasteiger charge is 2.21. The van der Waals surface area contributed by atoms with E-state index in [9.17, 15) is 18.8 Å². The van der Waals surface area contributed by atoms with Gasteiger partial charge in [-0.05, 0) is 24.6 Å². The van der Waals surface area contributed by atoms with Gasteiger partial charge in [0, 0.05) is 16.5 Å². The van der Waals surface area contributed by atoms with Crippen molar-refractivity contribution in [2.24, 2.45) is 5.73 Å². The first kappa shape index (κ1) is 16.1. The van der Waals surface area contributed by atoms with E-state index in [-0.39, 0.29) is 18.4 Å². The number of nitrogens with one attached hydrogen (secondary N) is 1. The zero-order valence-corrected chi connectivity index (χ0v) is 11.8. The van der Waals surface area contributed by atoms with Crippen LogP contribution in [0.2, 0.25) is 0 Å². The maximum Gasteiger partial charge on any atom is 0.326 e. The Morgan fingerprint density at radius 2 is 2.00 bits per heavy atom. The average molecular weight is 347 g/mol. The minimum atomic E-state index is -1.30. The number of benzene rings is 1. The summed E-state index contributed by atoms with van der Waals surface area (Å²) in [5.41, 5.74) is 4.90. The number of aliphatic carboxylic acids is 1. The van der Waals surface area contributed by atoms with Gasteiger partial charge in [0.2, 0.25) is 5.91 Å². The second kappa shape index (κ2) is 6.99. The van der Waals surface area contributed by atoms with E-state index in [1.807, 2.05) is 0 Å². The van der Waals surface area contributed by atoms with Gasteiger partial charge < -0.3 is 16.2 Å². The Bertz CT molecular complexity index is 530. The lowest BCUT2D eigenvalue weighted by Gasteiger charge is -2.13. The molecular weight excluding hydrogens is 335 g/mol. The van der Waals surface area contributed by atoms with Crippen LogP contribution in [0.15, 0.2) is 22.7 Å². The number of nitrogens with two attached hydrogens (primary N) is 1. The Kier molecular flexibility index (Phi) is 5.63. The Balaban J connectivity index is 2.79. The topological polar surface area (TPSA) is 109 Å². The highest BCUT2D eigenvalue weighted by molar-refractivity contribution is 9.10. The Labute approximate surface area is 122 Å². The lowest BCUT2D eigenvalue weighted by molar-refractivity contribution is -0.139. The van der Waals surface area contributed by atoms with Gasteiger partial charge in [-0.2, -0.15) is 0 Å². The first-order valence-corrected chi connectivity index (χ1v) is 6.37. The molecule has 108 valence electrons. The van der Waals surface area contributed by atoms with Crippen LogP contribution in [0.5, 0.6) is 0 Å². The molecule has 1 aromatic rings. The molecule has 2 amide bonds. The number of hydrogen-bond acceptors (Lipinski definition) is 3. The van der Waals surface area contributed by atoms with Crippen LogP contribution < -0.4 is 11.1 Å². The van der Waals surface area contributed by atoms with Gasteiger partial charge in [0.1, 0.15) is 11.9 Å². The van der Waals surface area contributed by atoms with Gasteiger partial charge in [-0.15, -0.1) is 0 Å². The third-order valence-corrected chi connectivity index (χ3v) is 2.87. The van der Waals surface area contributed by atoms with Crippen LogP contribution in [0.25, 0.3) is 0 Å². The fourth-order valence-electron chi connectivity index (χ4n) is 1.47. The van der Waals surface area contributed by atoms with Crippen LogP contribution in [-0.2, 0) is 9.59 Å². The van der Waals surface area contributed by atoms with Crippen LogP contribution in [0.4, 0.5) is 4.39 Å². The standard InChI is InChI=1S/C12H12BrFN2O4/c13-7-3-6(4-8(14)5-7)11(18)16-9(12(19)20)1-2-10(15)17/h3-5,9H,1-2H2,(H2,15,17)(H,16,18)(H,19,20)/t9-/m1/s1. The number of primary amides is 1. The zero-order valence-electron chi connectivity index (χ0n) is 10.2. The predicted molar refractivity (Wildman–Crippen MR) is 71.4 cm³/mol. The molecule has 0 fully saturated rings. The van der Waals surface area contributed by atoms with Crippen LogP contribution in [0, 0.1) is 5.82 Å². The van der Waals surface area contributed by atoms with Crippen molar-refractivity contribution >= 4 is 33.7 Å². The number of hydrogen-bond donors (Lipinski definition) is 3. The smallest absolute Gasteiger partial charge is 0.326 e. The van der Waals surface area contributed by atoms with Crippen LogP contribution in [0.3, 0.4) is 0 Å². The molecule has 0 bridgehead atoms. The van der Waals surface area contributed by atoms with E-state index >= 15 is 0 Å². The molecule has 0 aromatic heterocycles. The molecule has 0 aliphatic heterocycles. The first-order chi connectivity index (χ1) is 9.29. The summed E-state index contributed by atoms with van der Waals surface area (Å²) >= 11 is 3.03. The second-order valence-electron chi connectivity index (χ2n) is 4.03. The van der Waals surface area contributed by atoms with E-state index in [2.05, 4.69) is 21.2 Å². The Morgan fingerprint density at radius 1 is 1.35 bits per heavy atom. The van der Waals surface area contributed by atoms with E-state index in [1.54, 1.807) is 0 Å². The van der Waals surface area contributed by atoms with Crippen molar-refractivity contribution in [3.8, 4) is 0 Å². The first-order valence-electron chi connectivity index (χ1n) is 5.57. The summed E-state index contributed by atoms with van der Waals surface area (Å²) in [6, 6.07) is 2.23. The third-order valence-electron chi connectivity index (χ3n) is 2.41. The van der Waals surface area contributed by atoms with Crippen molar-refractivity contribution in [3.63, 3.8) is 0 Å². The number of rotatable bonds is 6. The van der Waals surface area contributed by atoms with Crippen LogP contribution in [-0.4, -0.2) is 28.9 Å². The van der Waals surface area contributed by atoms with E-state index in [0.29, 0.717) is 4.47 Å². The lowest BCUT2D eigenvalue weighted by atomic mass is 10.1. The van der Waals surface area contributed by atoms with Gasteiger partial charge in [-0.25, -0.2) is 9.18 Å². The van der Waals surface area contributed by atoms with Crippen LogP contribution in [0.1, 0.15) is 23.2 Å². The number of amides is 2. The van der Waals surface area contributed by atoms with E-state index in [0.717, 1.165) is 6.07 Å². The minimum Gasteiger partial charge on any atom is -0.480 e. The summed E-state index contributed by atoms with van der Waals surface area (Å²) in [7, 11) is 0. The van der Waals surface area contributed by atoms with Gasteiger partial charge in [0.25, 0.3) is 5.91 Å². The maximum atomic E-state index is 13.2. The quantitative estimate of drug-likeness (QED) is 0.714. The number of carbonyl (C=O) groups excluding carboxylic acids is 2. The molecule has 1 rings (SSSR count). The van der Waals surface area contributed by atoms with E-state index in [4.69, 9.17) is 10.8 Å². The Hall–Kier alpha value is -1.96. The summed E-state index contributed by atoms with van der Waals surface area (Å²) in [4.78, 5) is 33.4. The Morgan fingerprint density at radius 3 is 2.50 bits per heavy atom. The van der Waals surface area contributed by atoms with Crippen molar-refractivity contribution in [2.75, 3.05) is 0 Å². The fourth-order valence-corrected chi connectivity index (χ4v) is 1.94. The van der Waals surface area contributed by atoms with Gasteiger partial charge >= 0.3 is 5.97 Å². The second-order valence-corrected chi connectivity index (χ2v) is 4.94. The monoisotopic (exact) mass is 346 g/mol. The normalized spacial score (nSPS) is 11.7. The maximum absolute atomic E-state index is 13.2. The van der Waals surface area contributed by atoms with Crippen molar-refractivity contribution in [2.45, 2.75) is 18.9 Å². The van der Waals surface area contributed by atoms with Crippen molar-refractivity contribution < 1.29 is 23.9 Å². The lowest BCUT2D eigenvalue weighted by Crippen LogP contribution is -2.41.